The van der Waals surface area contributed by atoms with Crippen molar-refractivity contribution >= 4 is 5.69 Å². The smallest absolute Gasteiger partial charge is 0.123 e. The van der Waals surface area contributed by atoms with E-state index in [1.54, 1.807) is 0 Å². The molecule has 1 heterocycles. The van der Waals surface area contributed by atoms with Gasteiger partial charge in [-0.25, -0.2) is 4.39 Å². The van der Waals surface area contributed by atoms with Crippen LogP contribution in [0.3, 0.4) is 0 Å². The molecule has 88 valence electrons. The third-order valence-electron chi connectivity index (χ3n) is 3.42. The number of nitrogens with zero attached hydrogens (tertiary/aromatic N) is 1. The number of piperidine rings is 1. The van der Waals surface area contributed by atoms with Gasteiger partial charge in [0.25, 0.3) is 0 Å². The molecular weight excluding hydrogens is 203 g/mol. The molecule has 1 aliphatic heterocycles. The molecule has 1 N–H and O–H groups in total. The Labute approximate surface area is 96.5 Å². The van der Waals surface area contributed by atoms with E-state index >= 15 is 0 Å². The molecule has 16 heavy (non-hydrogen) atoms. The SMILES string of the molecule is CC1CCC(N(C)c2ccc(F)cc2)CN1. The second-order valence-corrected chi connectivity index (χ2v) is 4.63. The summed E-state index contributed by atoms with van der Waals surface area (Å²) < 4.78 is 12.8. The Balaban J connectivity index is 2.01. The summed E-state index contributed by atoms with van der Waals surface area (Å²) in [5.41, 5.74) is 1.09. The molecule has 0 aromatic heterocycles. The van der Waals surface area contributed by atoms with Gasteiger partial charge in [-0.2, -0.15) is 0 Å². The van der Waals surface area contributed by atoms with Crippen LogP contribution in [0.2, 0.25) is 0 Å². The summed E-state index contributed by atoms with van der Waals surface area (Å²) in [6, 6.07) is 7.86. The first-order valence-corrected chi connectivity index (χ1v) is 5.88. The van der Waals surface area contributed by atoms with E-state index in [-0.39, 0.29) is 5.82 Å². The summed E-state index contributed by atoms with van der Waals surface area (Å²) in [6.07, 6.45) is 2.40. The lowest BCUT2D eigenvalue weighted by molar-refractivity contribution is 0.376. The van der Waals surface area contributed by atoms with Gasteiger partial charge in [-0.15, -0.1) is 0 Å². The molecule has 1 fully saturated rings. The first-order valence-electron chi connectivity index (χ1n) is 5.88. The molecule has 0 bridgehead atoms. The third kappa shape index (κ3) is 2.53. The Bertz CT molecular complexity index is 328. The highest BCUT2D eigenvalue weighted by Crippen LogP contribution is 2.20. The van der Waals surface area contributed by atoms with Crippen LogP contribution in [-0.2, 0) is 0 Å². The first kappa shape index (κ1) is 11.4. The third-order valence-corrected chi connectivity index (χ3v) is 3.42. The summed E-state index contributed by atoms with van der Waals surface area (Å²) >= 11 is 0. The Morgan fingerprint density at radius 1 is 1.25 bits per heavy atom. The number of rotatable bonds is 2. The second kappa shape index (κ2) is 4.83. The van der Waals surface area contributed by atoms with Crippen molar-refractivity contribution in [3.63, 3.8) is 0 Å². The Kier molecular flexibility index (Phi) is 3.44. The van der Waals surface area contributed by atoms with E-state index in [0.29, 0.717) is 12.1 Å². The quantitative estimate of drug-likeness (QED) is 0.826. The van der Waals surface area contributed by atoms with Crippen molar-refractivity contribution in [1.29, 1.82) is 0 Å². The molecule has 1 aliphatic rings. The minimum Gasteiger partial charge on any atom is -0.370 e. The average Bonchev–Trinajstić information content (AvgIpc) is 2.30. The van der Waals surface area contributed by atoms with E-state index in [0.717, 1.165) is 12.2 Å². The molecule has 2 unspecified atom stereocenters. The second-order valence-electron chi connectivity index (χ2n) is 4.63. The van der Waals surface area contributed by atoms with Gasteiger partial charge in [0.05, 0.1) is 0 Å². The van der Waals surface area contributed by atoms with Gasteiger partial charge < -0.3 is 10.2 Å². The minimum atomic E-state index is -0.174. The van der Waals surface area contributed by atoms with Crippen LogP contribution in [0.15, 0.2) is 24.3 Å². The van der Waals surface area contributed by atoms with Gasteiger partial charge in [0.15, 0.2) is 0 Å². The highest BCUT2D eigenvalue weighted by Gasteiger charge is 2.21. The molecule has 0 saturated carbocycles. The predicted molar refractivity (Wildman–Crippen MR) is 65.3 cm³/mol. The van der Waals surface area contributed by atoms with Crippen molar-refractivity contribution in [2.24, 2.45) is 0 Å². The molecule has 0 aliphatic carbocycles. The summed E-state index contributed by atoms with van der Waals surface area (Å²) in [7, 11) is 2.08. The molecule has 1 saturated heterocycles. The van der Waals surface area contributed by atoms with Gasteiger partial charge >= 0.3 is 0 Å². The maximum Gasteiger partial charge on any atom is 0.123 e. The average molecular weight is 222 g/mol. The number of likely N-dealkylation sites (N-methyl/N-ethyl adjacent to an activating group) is 1. The maximum atomic E-state index is 12.8. The van der Waals surface area contributed by atoms with Crippen LogP contribution in [0, 0.1) is 5.82 Å². The lowest BCUT2D eigenvalue weighted by Gasteiger charge is -2.35. The monoisotopic (exact) mass is 222 g/mol. The van der Waals surface area contributed by atoms with Crippen molar-refractivity contribution in [3.8, 4) is 0 Å². The molecule has 2 nitrogen and oxygen atoms in total. The largest absolute Gasteiger partial charge is 0.370 e. The van der Waals surface area contributed by atoms with Gasteiger partial charge in [0.2, 0.25) is 0 Å². The van der Waals surface area contributed by atoms with E-state index < -0.39 is 0 Å². The van der Waals surface area contributed by atoms with Gasteiger partial charge in [0.1, 0.15) is 5.82 Å². The zero-order valence-electron chi connectivity index (χ0n) is 9.91. The van der Waals surface area contributed by atoms with E-state index in [2.05, 4.69) is 24.2 Å². The summed E-state index contributed by atoms with van der Waals surface area (Å²) in [6.45, 7) is 3.23. The van der Waals surface area contributed by atoms with Crippen LogP contribution in [0.25, 0.3) is 0 Å². The normalized spacial score (nSPS) is 25.4. The van der Waals surface area contributed by atoms with Crippen LogP contribution in [0.4, 0.5) is 10.1 Å². The zero-order valence-corrected chi connectivity index (χ0v) is 9.91. The lowest BCUT2D eigenvalue weighted by Crippen LogP contribution is -2.47. The highest BCUT2D eigenvalue weighted by molar-refractivity contribution is 5.46. The standard InChI is InChI=1S/C13H19FN2/c1-10-3-6-13(9-15-10)16(2)12-7-4-11(14)5-8-12/h4-5,7-8,10,13,15H,3,6,9H2,1-2H3. The topological polar surface area (TPSA) is 15.3 Å². The minimum absolute atomic E-state index is 0.174. The summed E-state index contributed by atoms with van der Waals surface area (Å²) in [5.74, 6) is -0.174. The molecule has 1 aromatic carbocycles. The molecule has 1 aromatic rings. The van der Waals surface area contributed by atoms with Crippen molar-refractivity contribution in [2.75, 3.05) is 18.5 Å². The number of hydrogen-bond acceptors (Lipinski definition) is 2. The van der Waals surface area contributed by atoms with E-state index in [1.165, 1.54) is 25.0 Å². The van der Waals surface area contributed by atoms with Crippen molar-refractivity contribution in [2.45, 2.75) is 31.8 Å². The summed E-state index contributed by atoms with van der Waals surface area (Å²) in [5, 5.41) is 3.48. The Morgan fingerprint density at radius 2 is 1.94 bits per heavy atom. The number of hydrogen-bond donors (Lipinski definition) is 1. The number of anilines is 1. The first-order chi connectivity index (χ1) is 7.66. The van der Waals surface area contributed by atoms with Crippen molar-refractivity contribution in [3.05, 3.63) is 30.1 Å². The number of halogens is 1. The molecule has 0 radical (unpaired) electrons. The molecule has 0 spiro atoms. The maximum absolute atomic E-state index is 12.8. The van der Waals surface area contributed by atoms with E-state index in [4.69, 9.17) is 0 Å². The zero-order chi connectivity index (χ0) is 11.5. The number of benzene rings is 1. The number of nitrogens with one attached hydrogen (secondary N) is 1. The van der Waals surface area contributed by atoms with Gasteiger partial charge in [0, 0.05) is 31.4 Å². The molecule has 3 heteroatoms. The molecule has 2 atom stereocenters. The molecule has 0 amide bonds. The fourth-order valence-corrected chi connectivity index (χ4v) is 2.20. The lowest BCUT2D eigenvalue weighted by atomic mass is 10.0. The molecular formula is C13H19FN2. The van der Waals surface area contributed by atoms with Crippen LogP contribution in [0.1, 0.15) is 19.8 Å². The van der Waals surface area contributed by atoms with Crippen LogP contribution in [-0.4, -0.2) is 25.7 Å². The summed E-state index contributed by atoms with van der Waals surface area (Å²) in [4.78, 5) is 2.23. The highest BCUT2D eigenvalue weighted by atomic mass is 19.1. The van der Waals surface area contributed by atoms with Crippen molar-refractivity contribution in [1.82, 2.24) is 5.32 Å². The van der Waals surface area contributed by atoms with E-state index in [9.17, 15) is 4.39 Å². The fraction of sp³-hybridized carbons (Fsp3) is 0.538. The Hall–Kier alpha value is -1.09. The van der Waals surface area contributed by atoms with E-state index in [1.807, 2.05) is 12.1 Å². The van der Waals surface area contributed by atoms with Gasteiger partial charge in [-0.3, -0.25) is 0 Å². The fourth-order valence-electron chi connectivity index (χ4n) is 2.20. The van der Waals surface area contributed by atoms with Gasteiger partial charge in [-0.1, -0.05) is 0 Å². The van der Waals surface area contributed by atoms with Crippen LogP contribution >= 0.6 is 0 Å². The Morgan fingerprint density at radius 3 is 2.50 bits per heavy atom. The van der Waals surface area contributed by atoms with Crippen LogP contribution < -0.4 is 10.2 Å². The molecule has 2 rings (SSSR count). The van der Waals surface area contributed by atoms with Gasteiger partial charge in [-0.05, 0) is 44.0 Å². The predicted octanol–water partition coefficient (Wildman–Crippen LogP) is 2.40. The van der Waals surface area contributed by atoms with Crippen molar-refractivity contribution < 1.29 is 4.39 Å². The van der Waals surface area contributed by atoms with Crippen LogP contribution in [0.5, 0.6) is 0 Å².